The maximum Gasteiger partial charge on any atom is 0.348 e. The molecule has 0 spiro atoms. The SMILES string of the molecule is CCOC(=O)c1sc2nc(C)nc(Nc3ccc(OCCOC)cc3)c2c1C. The number of esters is 1. The zero-order valence-electron chi connectivity index (χ0n) is 16.4. The van der Waals surface area contributed by atoms with E-state index in [2.05, 4.69) is 15.3 Å². The van der Waals surface area contributed by atoms with Crippen molar-refractivity contribution >= 4 is 39.0 Å². The van der Waals surface area contributed by atoms with Crippen molar-refractivity contribution in [3.63, 3.8) is 0 Å². The van der Waals surface area contributed by atoms with Gasteiger partial charge in [-0.2, -0.15) is 0 Å². The fourth-order valence-electron chi connectivity index (χ4n) is 2.74. The average molecular weight is 401 g/mol. The van der Waals surface area contributed by atoms with Crippen molar-refractivity contribution in [1.82, 2.24) is 9.97 Å². The summed E-state index contributed by atoms with van der Waals surface area (Å²) in [4.78, 5) is 22.6. The highest BCUT2D eigenvalue weighted by Crippen LogP contribution is 2.35. The lowest BCUT2D eigenvalue weighted by Gasteiger charge is -2.10. The fourth-order valence-corrected chi connectivity index (χ4v) is 3.86. The number of ether oxygens (including phenoxy) is 3. The van der Waals surface area contributed by atoms with Crippen LogP contribution in [0.25, 0.3) is 10.2 Å². The van der Waals surface area contributed by atoms with Crippen molar-refractivity contribution in [2.75, 3.05) is 32.2 Å². The highest BCUT2D eigenvalue weighted by atomic mass is 32.1. The van der Waals surface area contributed by atoms with Crippen molar-refractivity contribution < 1.29 is 19.0 Å². The monoisotopic (exact) mass is 401 g/mol. The lowest BCUT2D eigenvalue weighted by atomic mass is 10.2. The van der Waals surface area contributed by atoms with Gasteiger partial charge in [0, 0.05) is 12.8 Å². The molecule has 0 saturated heterocycles. The first-order valence-corrected chi connectivity index (χ1v) is 9.78. The molecule has 2 heterocycles. The van der Waals surface area contributed by atoms with E-state index in [-0.39, 0.29) is 5.97 Å². The molecule has 0 aliphatic carbocycles. The molecule has 0 bridgehead atoms. The van der Waals surface area contributed by atoms with Gasteiger partial charge >= 0.3 is 5.97 Å². The topological polar surface area (TPSA) is 82.6 Å². The number of carbonyl (C=O) groups excluding carboxylic acids is 1. The van der Waals surface area contributed by atoms with Gasteiger partial charge in [-0.15, -0.1) is 11.3 Å². The summed E-state index contributed by atoms with van der Waals surface area (Å²) in [5, 5.41) is 4.16. The Bertz CT molecular complexity index is 970. The second-order valence-electron chi connectivity index (χ2n) is 6.07. The number of aromatic nitrogens is 2. The minimum absolute atomic E-state index is 0.329. The van der Waals surface area contributed by atoms with Gasteiger partial charge in [0.15, 0.2) is 0 Å². The Morgan fingerprint density at radius 2 is 1.89 bits per heavy atom. The van der Waals surface area contributed by atoms with Crippen LogP contribution < -0.4 is 10.1 Å². The normalized spacial score (nSPS) is 10.9. The van der Waals surface area contributed by atoms with Crippen LogP contribution in [0.5, 0.6) is 5.75 Å². The predicted molar refractivity (Wildman–Crippen MR) is 110 cm³/mol. The van der Waals surface area contributed by atoms with Gasteiger partial charge in [-0.05, 0) is 50.6 Å². The van der Waals surface area contributed by atoms with Crippen molar-refractivity contribution in [2.45, 2.75) is 20.8 Å². The minimum Gasteiger partial charge on any atom is -0.491 e. The summed E-state index contributed by atoms with van der Waals surface area (Å²) in [7, 11) is 1.64. The van der Waals surface area contributed by atoms with E-state index in [0.717, 1.165) is 27.2 Å². The molecule has 8 heteroatoms. The van der Waals surface area contributed by atoms with Gasteiger partial charge in [-0.3, -0.25) is 0 Å². The number of fused-ring (bicyclic) bond motifs is 1. The van der Waals surface area contributed by atoms with Crippen LogP contribution in [-0.4, -0.2) is 42.9 Å². The molecular weight excluding hydrogens is 378 g/mol. The Morgan fingerprint density at radius 1 is 1.14 bits per heavy atom. The quantitative estimate of drug-likeness (QED) is 0.446. The van der Waals surface area contributed by atoms with Crippen molar-refractivity contribution in [3.05, 3.63) is 40.5 Å². The van der Waals surface area contributed by atoms with Crippen LogP contribution in [0, 0.1) is 13.8 Å². The van der Waals surface area contributed by atoms with E-state index in [4.69, 9.17) is 14.2 Å². The van der Waals surface area contributed by atoms with Gasteiger partial charge in [-0.25, -0.2) is 14.8 Å². The van der Waals surface area contributed by atoms with Crippen LogP contribution in [0.3, 0.4) is 0 Å². The number of hydrogen-bond donors (Lipinski definition) is 1. The Balaban J connectivity index is 1.89. The summed E-state index contributed by atoms with van der Waals surface area (Å²) < 4.78 is 15.7. The third-order valence-corrected chi connectivity index (χ3v) is 5.20. The Kier molecular flexibility index (Phi) is 6.43. The minimum atomic E-state index is -0.329. The number of benzene rings is 1. The second-order valence-corrected chi connectivity index (χ2v) is 7.07. The number of nitrogens with one attached hydrogen (secondary N) is 1. The summed E-state index contributed by atoms with van der Waals surface area (Å²) in [5.41, 5.74) is 1.68. The molecule has 28 heavy (non-hydrogen) atoms. The number of methoxy groups -OCH3 is 1. The van der Waals surface area contributed by atoms with Crippen LogP contribution >= 0.6 is 11.3 Å². The van der Waals surface area contributed by atoms with Gasteiger partial charge in [0.05, 0.1) is 18.6 Å². The maximum atomic E-state index is 12.2. The van der Waals surface area contributed by atoms with Gasteiger partial charge in [0.1, 0.15) is 33.7 Å². The van der Waals surface area contributed by atoms with E-state index in [1.54, 1.807) is 14.0 Å². The van der Waals surface area contributed by atoms with Crippen LogP contribution in [-0.2, 0) is 9.47 Å². The molecular formula is C20H23N3O4S. The summed E-state index contributed by atoms with van der Waals surface area (Å²) in [5.74, 6) is 1.73. The van der Waals surface area contributed by atoms with Crippen molar-refractivity contribution in [3.8, 4) is 5.75 Å². The molecule has 148 valence electrons. The third kappa shape index (κ3) is 4.40. The average Bonchev–Trinajstić information content (AvgIpc) is 3.00. The molecule has 0 saturated carbocycles. The number of nitrogens with zero attached hydrogens (tertiary/aromatic N) is 2. The van der Waals surface area contributed by atoms with E-state index < -0.39 is 0 Å². The van der Waals surface area contributed by atoms with E-state index in [0.29, 0.717) is 36.3 Å². The summed E-state index contributed by atoms with van der Waals surface area (Å²) in [6.45, 7) is 6.89. The lowest BCUT2D eigenvalue weighted by molar-refractivity contribution is 0.0531. The first-order valence-electron chi connectivity index (χ1n) is 8.97. The third-order valence-electron chi connectivity index (χ3n) is 4.04. The Morgan fingerprint density at radius 3 is 2.57 bits per heavy atom. The summed E-state index contributed by atoms with van der Waals surface area (Å²) in [6, 6.07) is 7.60. The van der Waals surface area contributed by atoms with E-state index >= 15 is 0 Å². The standard InChI is InChI=1S/C20H23N3O4S/c1-5-26-20(24)17-12(2)16-18(21-13(3)22-19(16)28-17)23-14-6-8-15(9-7-14)27-11-10-25-4/h6-9H,5,10-11H2,1-4H3,(H,21,22,23). The van der Waals surface area contributed by atoms with Gasteiger partial charge in [-0.1, -0.05) is 0 Å². The smallest absolute Gasteiger partial charge is 0.348 e. The molecule has 0 aliphatic heterocycles. The highest BCUT2D eigenvalue weighted by Gasteiger charge is 2.21. The number of anilines is 2. The number of rotatable bonds is 8. The summed E-state index contributed by atoms with van der Waals surface area (Å²) in [6.07, 6.45) is 0. The maximum absolute atomic E-state index is 12.2. The molecule has 1 aromatic carbocycles. The Hall–Kier alpha value is -2.71. The second kappa shape index (κ2) is 8.99. The fraction of sp³-hybridized carbons (Fsp3) is 0.350. The van der Waals surface area contributed by atoms with E-state index in [9.17, 15) is 4.79 Å². The van der Waals surface area contributed by atoms with Gasteiger partial charge in [0.25, 0.3) is 0 Å². The van der Waals surface area contributed by atoms with E-state index in [1.165, 1.54) is 11.3 Å². The molecule has 7 nitrogen and oxygen atoms in total. The van der Waals surface area contributed by atoms with Crippen LogP contribution in [0.2, 0.25) is 0 Å². The zero-order valence-corrected chi connectivity index (χ0v) is 17.2. The van der Waals surface area contributed by atoms with Crippen molar-refractivity contribution in [2.24, 2.45) is 0 Å². The first kappa shape index (κ1) is 20.0. The molecule has 3 rings (SSSR count). The zero-order chi connectivity index (χ0) is 20.1. The molecule has 1 N–H and O–H groups in total. The molecule has 0 radical (unpaired) electrons. The van der Waals surface area contributed by atoms with Crippen molar-refractivity contribution in [1.29, 1.82) is 0 Å². The van der Waals surface area contributed by atoms with Gasteiger partial charge in [0.2, 0.25) is 0 Å². The number of carbonyl (C=O) groups is 1. The van der Waals surface area contributed by atoms with Crippen LogP contribution in [0.4, 0.5) is 11.5 Å². The molecule has 0 amide bonds. The highest BCUT2D eigenvalue weighted by molar-refractivity contribution is 7.20. The van der Waals surface area contributed by atoms with Crippen LogP contribution in [0.1, 0.15) is 28.0 Å². The summed E-state index contributed by atoms with van der Waals surface area (Å²) >= 11 is 1.33. The molecule has 0 aliphatic rings. The van der Waals surface area contributed by atoms with Gasteiger partial charge < -0.3 is 19.5 Å². The molecule has 3 aromatic rings. The van der Waals surface area contributed by atoms with E-state index in [1.807, 2.05) is 38.1 Å². The first-order chi connectivity index (χ1) is 13.5. The Labute approximate surface area is 167 Å². The molecule has 2 aromatic heterocycles. The number of aryl methyl sites for hydroxylation is 2. The predicted octanol–water partition coefficient (Wildman–Crippen LogP) is 4.25. The molecule has 0 atom stereocenters. The molecule has 0 fully saturated rings. The van der Waals surface area contributed by atoms with Crippen LogP contribution in [0.15, 0.2) is 24.3 Å². The molecule has 0 unspecified atom stereocenters. The largest absolute Gasteiger partial charge is 0.491 e. The lowest BCUT2D eigenvalue weighted by Crippen LogP contribution is -2.04. The number of hydrogen-bond acceptors (Lipinski definition) is 8. The number of thiophene rings is 1.